The summed E-state index contributed by atoms with van der Waals surface area (Å²) in [6, 6.07) is 6.68. The SMILES string of the molecule is CCCCN(CCCC)CC(N)(CC)c1ccc(F)cc1. The van der Waals surface area contributed by atoms with Crippen molar-refractivity contribution in [1.29, 1.82) is 0 Å². The van der Waals surface area contributed by atoms with Crippen LogP contribution >= 0.6 is 0 Å². The summed E-state index contributed by atoms with van der Waals surface area (Å²) < 4.78 is 13.1. The van der Waals surface area contributed by atoms with Gasteiger partial charge in [-0.3, -0.25) is 0 Å². The van der Waals surface area contributed by atoms with Crippen LogP contribution in [0.2, 0.25) is 0 Å². The summed E-state index contributed by atoms with van der Waals surface area (Å²) in [4.78, 5) is 2.47. The molecule has 0 amide bonds. The smallest absolute Gasteiger partial charge is 0.123 e. The average molecular weight is 294 g/mol. The second-order valence-electron chi connectivity index (χ2n) is 6.00. The molecule has 1 aromatic rings. The summed E-state index contributed by atoms with van der Waals surface area (Å²) in [5.74, 6) is -0.203. The third kappa shape index (κ3) is 5.76. The van der Waals surface area contributed by atoms with Gasteiger partial charge in [0.25, 0.3) is 0 Å². The number of rotatable bonds is 10. The van der Waals surface area contributed by atoms with Crippen LogP contribution in [0, 0.1) is 5.82 Å². The van der Waals surface area contributed by atoms with Crippen molar-refractivity contribution in [3.05, 3.63) is 35.6 Å². The Hall–Kier alpha value is -0.930. The monoisotopic (exact) mass is 294 g/mol. The number of hydrogen-bond donors (Lipinski definition) is 1. The highest BCUT2D eigenvalue weighted by Crippen LogP contribution is 2.24. The zero-order valence-corrected chi connectivity index (χ0v) is 13.9. The summed E-state index contributed by atoms with van der Waals surface area (Å²) in [5.41, 5.74) is 7.29. The van der Waals surface area contributed by atoms with Crippen molar-refractivity contribution in [1.82, 2.24) is 4.90 Å². The third-order valence-electron chi connectivity index (χ3n) is 4.21. The second kappa shape index (κ2) is 9.16. The Kier molecular flexibility index (Phi) is 7.91. The van der Waals surface area contributed by atoms with E-state index < -0.39 is 5.54 Å². The zero-order chi connectivity index (χ0) is 15.7. The van der Waals surface area contributed by atoms with Crippen LogP contribution < -0.4 is 5.73 Å². The van der Waals surface area contributed by atoms with Crippen molar-refractivity contribution in [2.75, 3.05) is 19.6 Å². The Morgan fingerprint density at radius 3 is 1.95 bits per heavy atom. The van der Waals surface area contributed by atoms with Crippen molar-refractivity contribution in [2.45, 2.75) is 58.4 Å². The van der Waals surface area contributed by atoms with Crippen LogP contribution in [0.25, 0.3) is 0 Å². The fourth-order valence-corrected chi connectivity index (χ4v) is 2.62. The van der Waals surface area contributed by atoms with Crippen LogP contribution in [0.4, 0.5) is 4.39 Å². The van der Waals surface area contributed by atoms with Crippen LogP contribution in [0.5, 0.6) is 0 Å². The zero-order valence-electron chi connectivity index (χ0n) is 13.9. The van der Waals surface area contributed by atoms with Crippen LogP contribution in [0.15, 0.2) is 24.3 Å². The topological polar surface area (TPSA) is 29.3 Å². The molecule has 120 valence electrons. The molecule has 0 saturated carbocycles. The normalized spacial score (nSPS) is 14.4. The van der Waals surface area contributed by atoms with Crippen molar-refractivity contribution in [3.63, 3.8) is 0 Å². The number of nitrogens with two attached hydrogens (primary N) is 1. The van der Waals surface area contributed by atoms with Gasteiger partial charge in [0.2, 0.25) is 0 Å². The molecule has 0 spiro atoms. The largest absolute Gasteiger partial charge is 0.320 e. The van der Waals surface area contributed by atoms with E-state index in [0.29, 0.717) is 0 Å². The fourth-order valence-electron chi connectivity index (χ4n) is 2.62. The molecule has 0 saturated heterocycles. The molecule has 1 atom stereocenters. The van der Waals surface area contributed by atoms with E-state index in [2.05, 4.69) is 25.7 Å². The van der Waals surface area contributed by atoms with Gasteiger partial charge in [0, 0.05) is 6.54 Å². The van der Waals surface area contributed by atoms with E-state index in [4.69, 9.17) is 5.73 Å². The minimum Gasteiger partial charge on any atom is -0.320 e. The van der Waals surface area contributed by atoms with E-state index in [9.17, 15) is 4.39 Å². The van der Waals surface area contributed by atoms with E-state index in [1.807, 2.05) is 12.1 Å². The molecular weight excluding hydrogens is 263 g/mol. The molecule has 0 aliphatic carbocycles. The van der Waals surface area contributed by atoms with Gasteiger partial charge in [-0.05, 0) is 50.0 Å². The molecule has 0 heterocycles. The number of hydrogen-bond acceptors (Lipinski definition) is 2. The Morgan fingerprint density at radius 2 is 1.52 bits per heavy atom. The Balaban J connectivity index is 2.81. The molecule has 2 N–H and O–H groups in total. The second-order valence-corrected chi connectivity index (χ2v) is 6.00. The molecular formula is C18H31FN2. The predicted octanol–water partition coefficient (Wildman–Crippen LogP) is 4.29. The van der Waals surface area contributed by atoms with Gasteiger partial charge in [0.15, 0.2) is 0 Å². The lowest BCUT2D eigenvalue weighted by atomic mass is 9.87. The minimum absolute atomic E-state index is 0.203. The average Bonchev–Trinajstić information content (AvgIpc) is 2.50. The molecule has 2 nitrogen and oxygen atoms in total. The fraction of sp³-hybridized carbons (Fsp3) is 0.667. The highest BCUT2D eigenvalue weighted by Gasteiger charge is 2.27. The maximum absolute atomic E-state index is 13.1. The van der Waals surface area contributed by atoms with Crippen molar-refractivity contribution in [3.8, 4) is 0 Å². The first-order valence-electron chi connectivity index (χ1n) is 8.33. The van der Waals surface area contributed by atoms with E-state index in [1.165, 1.54) is 37.8 Å². The third-order valence-corrected chi connectivity index (χ3v) is 4.21. The van der Waals surface area contributed by atoms with Crippen LogP contribution in [-0.2, 0) is 5.54 Å². The Morgan fingerprint density at radius 1 is 1.00 bits per heavy atom. The van der Waals surface area contributed by atoms with Crippen molar-refractivity contribution >= 4 is 0 Å². The van der Waals surface area contributed by atoms with Crippen LogP contribution in [0.1, 0.15) is 58.4 Å². The lowest BCUT2D eigenvalue weighted by Crippen LogP contribution is -2.47. The summed E-state index contributed by atoms with van der Waals surface area (Å²) in [5, 5.41) is 0. The molecule has 0 fully saturated rings. The van der Waals surface area contributed by atoms with Gasteiger partial charge in [0.05, 0.1) is 5.54 Å². The molecule has 0 aliphatic heterocycles. The van der Waals surface area contributed by atoms with E-state index in [1.54, 1.807) is 0 Å². The minimum atomic E-state index is -0.394. The van der Waals surface area contributed by atoms with E-state index in [-0.39, 0.29) is 5.82 Å². The summed E-state index contributed by atoms with van der Waals surface area (Å²) in [7, 11) is 0. The van der Waals surface area contributed by atoms with Crippen LogP contribution in [0.3, 0.4) is 0 Å². The van der Waals surface area contributed by atoms with Crippen LogP contribution in [-0.4, -0.2) is 24.5 Å². The van der Waals surface area contributed by atoms with E-state index >= 15 is 0 Å². The quantitative estimate of drug-likeness (QED) is 0.697. The summed E-state index contributed by atoms with van der Waals surface area (Å²) in [6.45, 7) is 9.57. The van der Waals surface area contributed by atoms with Gasteiger partial charge in [-0.2, -0.15) is 0 Å². The standard InChI is InChI=1S/C18H31FN2/c1-4-7-13-21(14-8-5-2)15-18(20,6-3)16-9-11-17(19)12-10-16/h9-12H,4-8,13-15,20H2,1-3H3. The van der Waals surface area contributed by atoms with Gasteiger partial charge < -0.3 is 10.6 Å². The Bertz CT molecular complexity index is 383. The number of nitrogens with zero attached hydrogens (tertiary/aromatic N) is 1. The van der Waals surface area contributed by atoms with Crippen molar-refractivity contribution in [2.24, 2.45) is 5.73 Å². The summed E-state index contributed by atoms with van der Waals surface area (Å²) >= 11 is 0. The summed E-state index contributed by atoms with van der Waals surface area (Å²) in [6.07, 6.45) is 5.65. The molecule has 1 unspecified atom stereocenters. The highest BCUT2D eigenvalue weighted by atomic mass is 19.1. The number of unbranched alkanes of at least 4 members (excludes halogenated alkanes) is 2. The molecule has 3 heteroatoms. The van der Waals surface area contributed by atoms with Gasteiger partial charge in [0.1, 0.15) is 5.82 Å². The molecule has 0 aliphatic rings. The molecule has 21 heavy (non-hydrogen) atoms. The Labute approximate surface area is 129 Å². The number of benzene rings is 1. The van der Waals surface area contributed by atoms with Gasteiger partial charge in [-0.1, -0.05) is 45.7 Å². The molecule has 0 radical (unpaired) electrons. The molecule has 0 bridgehead atoms. The first kappa shape index (κ1) is 18.1. The van der Waals surface area contributed by atoms with Gasteiger partial charge in [-0.15, -0.1) is 0 Å². The van der Waals surface area contributed by atoms with E-state index in [0.717, 1.165) is 31.6 Å². The van der Waals surface area contributed by atoms with Crippen molar-refractivity contribution < 1.29 is 4.39 Å². The van der Waals surface area contributed by atoms with Gasteiger partial charge >= 0.3 is 0 Å². The lowest BCUT2D eigenvalue weighted by Gasteiger charge is -2.35. The number of halogens is 1. The molecule has 1 rings (SSSR count). The first-order chi connectivity index (χ1) is 10.1. The maximum atomic E-state index is 13.1. The molecule has 0 aromatic heterocycles. The molecule has 1 aromatic carbocycles. The van der Waals surface area contributed by atoms with Gasteiger partial charge in [-0.25, -0.2) is 4.39 Å². The predicted molar refractivity (Wildman–Crippen MR) is 88.8 cm³/mol. The maximum Gasteiger partial charge on any atom is 0.123 e. The highest BCUT2D eigenvalue weighted by molar-refractivity contribution is 5.25. The first-order valence-corrected chi connectivity index (χ1v) is 8.33. The lowest BCUT2D eigenvalue weighted by molar-refractivity contribution is 0.198.